The maximum Gasteiger partial charge on any atom is 0.251 e. The summed E-state index contributed by atoms with van der Waals surface area (Å²) in [5.74, 6) is -0.115. The molecule has 0 saturated carbocycles. The SMILES string of the molecule is Cn1nnnc1SCC(=O)Nc1ccc(C(=O)NCC(C)(C)N2CCc3ccccc3C2)cc1. The molecular weight excluding hydrogens is 450 g/mol. The van der Waals surface area contributed by atoms with Crippen molar-refractivity contribution in [3.8, 4) is 0 Å². The average Bonchev–Trinajstić information content (AvgIpc) is 3.26. The Morgan fingerprint density at radius 1 is 1.09 bits per heavy atom. The van der Waals surface area contributed by atoms with E-state index in [1.165, 1.54) is 27.6 Å². The van der Waals surface area contributed by atoms with Gasteiger partial charge in [0.25, 0.3) is 5.91 Å². The number of amides is 2. The van der Waals surface area contributed by atoms with Gasteiger partial charge in [-0.2, -0.15) is 0 Å². The van der Waals surface area contributed by atoms with Gasteiger partial charge in [-0.15, -0.1) is 5.10 Å². The monoisotopic (exact) mass is 479 g/mol. The molecule has 1 aliphatic heterocycles. The molecule has 0 atom stereocenters. The molecule has 10 heteroatoms. The van der Waals surface area contributed by atoms with Gasteiger partial charge in [0.15, 0.2) is 0 Å². The topological polar surface area (TPSA) is 105 Å². The van der Waals surface area contributed by atoms with Crippen LogP contribution in [0.15, 0.2) is 53.7 Å². The summed E-state index contributed by atoms with van der Waals surface area (Å²) < 4.78 is 1.51. The molecule has 2 aromatic carbocycles. The van der Waals surface area contributed by atoms with Crippen LogP contribution in [0.3, 0.4) is 0 Å². The number of aromatic nitrogens is 4. The zero-order chi connectivity index (χ0) is 24.1. The lowest BCUT2D eigenvalue weighted by atomic mass is 9.94. The highest BCUT2D eigenvalue weighted by Crippen LogP contribution is 2.25. The van der Waals surface area contributed by atoms with E-state index >= 15 is 0 Å². The van der Waals surface area contributed by atoms with Crippen molar-refractivity contribution in [1.82, 2.24) is 30.4 Å². The summed E-state index contributed by atoms with van der Waals surface area (Å²) in [6, 6.07) is 15.4. The maximum atomic E-state index is 12.7. The Morgan fingerprint density at radius 3 is 2.53 bits per heavy atom. The molecule has 9 nitrogen and oxygen atoms in total. The van der Waals surface area contributed by atoms with Crippen LogP contribution in [-0.4, -0.2) is 61.3 Å². The Kier molecular flexibility index (Phi) is 7.28. The van der Waals surface area contributed by atoms with Crippen molar-refractivity contribution in [3.05, 3.63) is 65.2 Å². The Hall–Kier alpha value is -3.24. The van der Waals surface area contributed by atoms with E-state index in [-0.39, 0.29) is 23.1 Å². The van der Waals surface area contributed by atoms with Crippen LogP contribution in [0.25, 0.3) is 0 Å². The van der Waals surface area contributed by atoms with Crippen molar-refractivity contribution in [2.75, 3.05) is 24.2 Å². The minimum Gasteiger partial charge on any atom is -0.350 e. The number of rotatable bonds is 8. The second-order valence-electron chi connectivity index (χ2n) is 8.93. The van der Waals surface area contributed by atoms with E-state index in [1.54, 1.807) is 31.3 Å². The number of hydrogen-bond donors (Lipinski definition) is 2. The first kappa shape index (κ1) is 23.9. The van der Waals surface area contributed by atoms with E-state index < -0.39 is 0 Å². The van der Waals surface area contributed by atoms with Crippen LogP contribution in [0.5, 0.6) is 0 Å². The summed E-state index contributed by atoms with van der Waals surface area (Å²) in [6.45, 7) is 6.73. The number of aryl methyl sites for hydroxylation is 1. The van der Waals surface area contributed by atoms with Gasteiger partial charge in [-0.3, -0.25) is 14.5 Å². The molecule has 34 heavy (non-hydrogen) atoms. The molecule has 2 heterocycles. The first-order valence-corrected chi connectivity index (χ1v) is 12.2. The highest BCUT2D eigenvalue weighted by atomic mass is 32.2. The van der Waals surface area contributed by atoms with E-state index in [0.717, 1.165) is 19.5 Å². The second-order valence-corrected chi connectivity index (χ2v) is 9.88. The number of thioether (sulfide) groups is 1. The molecule has 2 amide bonds. The van der Waals surface area contributed by atoms with E-state index in [2.05, 4.69) is 69.2 Å². The van der Waals surface area contributed by atoms with Crippen molar-refractivity contribution in [3.63, 3.8) is 0 Å². The fourth-order valence-electron chi connectivity index (χ4n) is 3.90. The zero-order valence-electron chi connectivity index (χ0n) is 19.6. The fraction of sp³-hybridized carbons (Fsp3) is 0.375. The molecule has 3 aromatic rings. The second kappa shape index (κ2) is 10.4. The lowest BCUT2D eigenvalue weighted by Crippen LogP contribution is -2.53. The normalized spacial score (nSPS) is 13.9. The number of carbonyl (C=O) groups is 2. The summed E-state index contributed by atoms with van der Waals surface area (Å²) in [4.78, 5) is 27.3. The fourth-order valence-corrected chi connectivity index (χ4v) is 4.55. The quantitative estimate of drug-likeness (QED) is 0.478. The molecule has 2 N–H and O–H groups in total. The first-order chi connectivity index (χ1) is 16.3. The highest BCUT2D eigenvalue weighted by molar-refractivity contribution is 7.99. The van der Waals surface area contributed by atoms with Crippen molar-refractivity contribution in [2.24, 2.45) is 7.05 Å². The molecule has 1 aromatic heterocycles. The molecule has 0 spiro atoms. The Bertz CT molecular complexity index is 1160. The summed E-state index contributed by atoms with van der Waals surface area (Å²) in [5.41, 5.74) is 3.78. The number of anilines is 1. The van der Waals surface area contributed by atoms with Crippen molar-refractivity contribution >= 4 is 29.3 Å². The summed E-state index contributed by atoms with van der Waals surface area (Å²) in [6.07, 6.45) is 1.02. The molecule has 0 unspecified atom stereocenters. The van der Waals surface area contributed by atoms with Crippen molar-refractivity contribution in [2.45, 2.75) is 37.5 Å². The van der Waals surface area contributed by atoms with Gasteiger partial charge in [0.1, 0.15) is 0 Å². The van der Waals surface area contributed by atoms with Crippen LogP contribution in [0.4, 0.5) is 5.69 Å². The van der Waals surface area contributed by atoms with Gasteiger partial charge in [-0.05, 0) is 66.1 Å². The van der Waals surface area contributed by atoms with E-state index in [4.69, 9.17) is 0 Å². The number of nitrogens with zero attached hydrogens (tertiary/aromatic N) is 5. The molecule has 0 bridgehead atoms. The van der Waals surface area contributed by atoms with Gasteiger partial charge in [-0.1, -0.05) is 36.0 Å². The van der Waals surface area contributed by atoms with Gasteiger partial charge in [0, 0.05) is 43.5 Å². The maximum absolute atomic E-state index is 12.7. The van der Waals surface area contributed by atoms with Crippen LogP contribution in [-0.2, 0) is 24.8 Å². The molecule has 178 valence electrons. The third-order valence-electron chi connectivity index (χ3n) is 6.01. The molecule has 1 aliphatic rings. The number of fused-ring (bicyclic) bond motifs is 1. The molecule has 0 aliphatic carbocycles. The van der Waals surface area contributed by atoms with Gasteiger partial charge < -0.3 is 10.6 Å². The van der Waals surface area contributed by atoms with Crippen LogP contribution in [0.1, 0.15) is 35.3 Å². The predicted molar refractivity (Wildman–Crippen MR) is 132 cm³/mol. The standard InChI is InChI=1S/C24H29N7O2S/c1-24(2,31-13-12-17-6-4-5-7-19(17)14-31)16-25-22(33)18-8-10-20(11-9-18)26-21(32)15-34-23-27-28-29-30(23)3/h4-11H,12-16H2,1-3H3,(H,25,33)(H,26,32). The van der Waals surface area contributed by atoms with Crippen LogP contribution >= 0.6 is 11.8 Å². The lowest BCUT2D eigenvalue weighted by Gasteiger charge is -2.41. The third kappa shape index (κ3) is 5.81. The molecular formula is C24H29N7O2S. The van der Waals surface area contributed by atoms with Gasteiger partial charge >= 0.3 is 0 Å². The number of benzene rings is 2. The number of tetrazole rings is 1. The highest BCUT2D eigenvalue weighted by Gasteiger charge is 2.30. The summed E-state index contributed by atoms with van der Waals surface area (Å²) in [5, 5.41) is 17.6. The first-order valence-electron chi connectivity index (χ1n) is 11.2. The zero-order valence-corrected chi connectivity index (χ0v) is 20.4. The Balaban J connectivity index is 1.26. The number of nitrogens with one attached hydrogen (secondary N) is 2. The molecule has 0 fully saturated rings. The summed E-state index contributed by atoms with van der Waals surface area (Å²) >= 11 is 1.25. The summed E-state index contributed by atoms with van der Waals surface area (Å²) in [7, 11) is 1.72. The molecule has 4 rings (SSSR count). The third-order valence-corrected chi connectivity index (χ3v) is 7.02. The van der Waals surface area contributed by atoms with Gasteiger partial charge in [0.2, 0.25) is 11.1 Å². The predicted octanol–water partition coefficient (Wildman–Crippen LogP) is 2.51. The smallest absolute Gasteiger partial charge is 0.251 e. The minimum absolute atomic E-state index is 0.131. The van der Waals surface area contributed by atoms with Gasteiger partial charge in [0.05, 0.1) is 5.75 Å². The van der Waals surface area contributed by atoms with Crippen LogP contribution in [0, 0.1) is 0 Å². The molecule has 0 radical (unpaired) electrons. The van der Waals surface area contributed by atoms with Crippen molar-refractivity contribution < 1.29 is 9.59 Å². The average molecular weight is 480 g/mol. The molecule has 0 saturated heterocycles. The van der Waals surface area contributed by atoms with E-state index in [1.807, 2.05) is 0 Å². The van der Waals surface area contributed by atoms with Crippen molar-refractivity contribution in [1.29, 1.82) is 0 Å². The number of carbonyl (C=O) groups excluding carboxylic acids is 2. The Labute approximate surface area is 203 Å². The van der Waals surface area contributed by atoms with Crippen LogP contribution < -0.4 is 10.6 Å². The largest absolute Gasteiger partial charge is 0.350 e. The Morgan fingerprint density at radius 2 is 1.82 bits per heavy atom. The van der Waals surface area contributed by atoms with E-state index in [0.29, 0.717) is 23.0 Å². The lowest BCUT2D eigenvalue weighted by molar-refractivity contribution is -0.113. The minimum atomic E-state index is -0.174. The number of hydrogen-bond acceptors (Lipinski definition) is 7. The van der Waals surface area contributed by atoms with Gasteiger partial charge in [-0.25, -0.2) is 4.68 Å². The van der Waals surface area contributed by atoms with E-state index in [9.17, 15) is 9.59 Å². The van der Waals surface area contributed by atoms with Crippen LogP contribution in [0.2, 0.25) is 0 Å².